The molecular weight excluding hydrogens is 322 g/mol. The lowest BCUT2D eigenvalue weighted by Gasteiger charge is -2.26. The number of aliphatic carboxylic acids is 1. The van der Waals surface area contributed by atoms with Crippen LogP contribution in [0, 0.1) is 5.92 Å². The number of hydrogen-bond donors (Lipinski definition) is 4. The second kappa shape index (κ2) is 9.78. The number of benzene rings is 1. The first-order chi connectivity index (χ1) is 11.8. The third-order valence-corrected chi connectivity index (χ3v) is 4.10. The molecule has 7 heteroatoms. The molecule has 4 atom stereocenters. The first-order valence-electron chi connectivity index (χ1n) is 8.39. The van der Waals surface area contributed by atoms with Crippen LogP contribution in [0.25, 0.3) is 0 Å². The summed E-state index contributed by atoms with van der Waals surface area (Å²) in [5.74, 6) is -2.26. The van der Waals surface area contributed by atoms with Gasteiger partial charge in [-0.1, -0.05) is 50.6 Å². The smallest absolute Gasteiger partial charge is 0.326 e. The fourth-order valence-electron chi connectivity index (χ4n) is 2.30. The summed E-state index contributed by atoms with van der Waals surface area (Å²) in [6, 6.07) is 6.38. The summed E-state index contributed by atoms with van der Waals surface area (Å²) in [4.78, 5) is 35.9. The number of carboxylic acid groups (broad SMARTS) is 1. The van der Waals surface area contributed by atoms with Crippen LogP contribution in [0.4, 0.5) is 0 Å². The Morgan fingerprint density at radius 1 is 1.08 bits per heavy atom. The Morgan fingerprint density at radius 2 is 1.68 bits per heavy atom. The molecule has 0 saturated carbocycles. The number of carbonyl (C=O) groups excluding carboxylic acids is 2. The quantitative estimate of drug-likeness (QED) is 0.522. The van der Waals surface area contributed by atoms with Crippen molar-refractivity contribution < 1.29 is 19.5 Å². The van der Waals surface area contributed by atoms with Crippen molar-refractivity contribution in [3.8, 4) is 0 Å². The van der Waals surface area contributed by atoms with Gasteiger partial charge in [0.25, 0.3) is 0 Å². The molecule has 0 aliphatic rings. The molecule has 1 rings (SSSR count). The van der Waals surface area contributed by atoms with Crippen LogP contribution in [0.5, 0.6) is 0 Å². The summed E-state index contributed by atoms with van der Waals surface area (Å²) in [6.45, 7) is 5.23. The average Bonchev–Trinajstić information content (AvgIpc) is 2.58. The van der Waals surface area contributed by atoms with E-state index in [4.69, 9.17) is 5.73 Å². The molecule has 5 N–H and O–H groups in total. The van der Waals surface area contributed by atoms with Gasteiger partial charge in [0.15, 0.2) is 0 Å². The first kappa shape index (κ1) is 20.6. The van der Waals surface area contributed by atoms with Crippen molar-refractivity contribution in [3.63, 3.8) is 0 Å². The Morgan fingerprint density at radius 3 is 2.16 bits per heavy atom. The minimum Gasteiger partial charge on any atom is -0.480 e. The van der Waals surface area contributed by atoms with Gasteiger partial charge in [-0.3, -0.25) is 9.59 Å². The minimum atomic E-state index is -1.13. The highest BCUT2D eigenvalue weighted by Gasteiger charge is 2.30. The predicted molar refractivity (Wildman–Crippen MR) is 94.7 cm³/mol. The lowest BCUT2D eigenvalue weighted by Crippen LogP contribution is -2.56. The van der Waals surface area contributed by atoms with E-state index in [9.17, 15) is 19.5 Å². The zero-order valence-corrected chi connectivity index (χ0v) is 14.9. The number of nitrogens with two attached hydrogens (primary N) is 1. The molecule has 1 aromatic rings. The van der Waals surface area contributed by atoms with E-state index >= 15 is 0 Å². The third kappa shape index (κ3) is 6.54. The monoisotopic (exact) mass is 349 g/mol. The fourth-order valence-corrected chi connectivity index (χ4v) is 2.30. The summed E-state index contributed by atoms with van der Waals surface area (Å²) in [6.07, 6.45) is 0.810. The average molecular weight is 349 g/mol. The van der Waals surface area contributed by atoms with E-state index in [1.54, 1.807) is 24.3 Å². The largest absolute Gasteiger partial charge is 0.480 e. The Bertz CT molecular complexity index is 589. The maximum absolute atomic E-state index is 12.6. The third-order valence-electron chi connectivity index (χ3n) is 4.10. The van der Waals surface area contributed by atoms with Gasteiger partial charge in [0.05, 0.1) is 6.04 Å². The van der Waals surface area contributed by atoms with E-state index in [2.05, 4.69) is 10.6 Å². The summed E-state index contributed by atoms with van der Waals surface area (Å²) < 4.78 is 0. The minimum absolute atomic E-state index is 0.158. The van der Waals surface area contributed by atoms with E-state index in [-0.39, 0.29) is 12.3 Å². The van der Waals surface area contributed by atoms with Gasteiger partial charge in [-0.25, -0.2) is 4.79 Å². The standard InChI is InChI=1S/C18H27N3O4/c1-4-11(2)15(21-16(22)12(3)19)17(23)20-14(18(24)25)10-13-8-6-5-7-9-13/h5-9,11-12,14-15H,4,10,19H2,1-3H3,(H,20,23)(H,21,22)(H,24,25)/t11-,12-,14-,15-/m0/s1. The molecule has 0 unspecified atom stereocenters. The van der Waals surface area contributed by atoms with Crippen molar-refractivity contribution in [2.45, 2.75) is 51.7 Å². The topological polar surface area (TPSA) is 122 Å². The van der Waals surface area contributed by atoms with Gasteiger partial charge in [0.2, 0.25) is 11.8 Å². The molecule has 2 amide bonds. The van der Waals surface area contributed by atoms with Gasteiger partial charge in [-0.15, -0.1) is 0 Å². The Kier molecular flexibility index (Phi) is 8.07. The van der Waals surface area contributed by atoms with Crippen LogP contribution in [-0.4, -0.2) is 41.0 Å². The molecular formula is C18H27N3O4. The molecule has 7 nitrogen and oxygen atoms in total. The second-order valence-corrected chi connectivity index (χ2v) is 6.25. The van der Waals surface area contributed by atoms with Crippen LogP contribution in [-0.2, 0) is 20.8 Å². The Balaban J connectivity index is 2.86. The highest BCUT2D eigenvalue weighted by Crippen LogP contribution is 2.10. The SMILES string of the molecule is CC[C@H](C)[C@H](NC(=O)[C@H](C)N)C(=O)N[C@@H](Cc1ccccc1)C(=O)O. The van der Waals surface area contributed by atoms with Gasteiger partial charge < -0.3 is 21.5 Å². The summed E-state index contributed by atoms with van der Waals surface area (Å²) in [5, 5.41) is 14.5. The van der Waals surface area contributed by atoms with Crippen LogP contribution in [0.3, 0.4) is 0 Å². The summed E-state index contributed by atoms with van der Waals surface area (Å²) >= 11 is 0. The zero-order valence-electron chi connectivity index (χ0n) is 14.9. The van der Waals surface area contributed by atoms with E-state index in [1.165, 1.54) is 6.92 Å². The molecule has 25 heavy (non-hydrogen) atoms. The van der Waals surface area contributed by atoms with Gasteiger partial charge in [-0.05, 0) is 18.4 Å². The van der Waals surface area contributed by atoms with Crippen molar-refractivity contribution in [2.24, 2.45) is 11.7 Å². The van der Waals surface area contributed by atoms with Crippen molar-refractivity contribution >= 4 is 17.8 Å². The highest BCUT2D eigenvalue weighted by molar-refractivity contribution is 5.91. The first-order valence-corrected chi connectivity index (χ1v) is 8.39. The molecule has 0 aliphatic heterocycles. The predicted octanol–water partition coefficient (Wildman–Crippen LogP) is 0.677. The lowest BCUT2D eigenvalue weighted by molar-refractivity contribution is -0.142. The number of nitrogens with one attached hydrogen (secondary N) is 2. The van der Waals surface area contributed by atoms with Gasteiger partial charge in [0, 0.05) is 6.42 Å². The van der Waals surface area contributed by atoms with Crippen LogP contribution >= 0.6 is 0 Å². The normalized spacial score (nSPS) is 15.5. The number of amides is 2. The maximum atomic E-state index is 12.6. The Hall–Kier alpha value is -2.41. The van der Waals surface area contributed by atoms with Crippen LogP contribution < -0.4 is 16.4 Å². The van der Waals surface area contributed by atoms with Crippen LogP contribution in [0.1, 0.15) is 32.8 Å². The zero-order chi connectivity index (χ0) is 19.0. The highest BCUT2D eigenvalue weighted by atomic mass is 16.4. The molecule has 0 spiro atoms. The van der Waals surface area contributed by atoms with Crippen molar-refractivity contribution in [3.05, 3.63) is 35.9 Å². The molecule has 0 fully saturated rings. The van der Waals surface area contributed by atoms with Crippen LogP contribution in [0.15, 0.2) is 30.3 Å². The fraction of sp³-hybridized carbons (Fsp3) is 0.500. The molecule has 138 valence electrons. The number of hydrogen-bond acceptors (Lipinski definition) is 4. The number of rotatable bonds is 9. The molecule has 0 radical (unpaired) electrons. The van der Waals surface area contributed by atoms with Crippen molar-refractivity contribution in [2.75, 3.05) is 0 Å². The molecule has 0 bridgehead atoms. The van der Waals surface area contributed by atoms with Crippen LogP contribution in [0.2, 0.25) is 0 Å². The van der Waals surface area contributed by atoms with Crippen molar-refractivity contribution in [1.29, 1.82) is 0 Å². The van der Waals surface area contributed by atoms with Gasteiger partial charge in [-0.2, -0.15) is 0 Å². The Labute approximate surface area is 148 Å². The van der Waals surface area contributed by atoms with Gasteiger partial charge in [0.1, 0.15) is 12.1 Å². The molecule has 0 saturated heterocycles. The molecule has 0 heterocycles. The second-order valence-electron chi connectivity index (χ2n) is 6.25. The molecule has 0 aromatic heterocycles. The van der Waals surface area contributed by atoms with Crippen molar-refractivity contribution in [1.82, 2.24) is 10.6 Å². The number of carbonyl (C=O) groups is 3. The van der Waals surface area contributed by atoms with E-state index in [0.29, 0.717) is 6.42 Å². The molecule has 0 aliphatic carbocycles. The van der Waals surface area contributed by atoms with E-state index in [1.807, 2.05) is 19.9 Å². The van der Waals surface area contributed by atoms with Gasteiger partial charge >= 0.3 is 5.97 Å². The van der Waals surface area contributed by atoms with E-state index < -0.39 is 35.9 Å². The van der Waals surface area contributed by atoms with E-state index in [0.717, 1.165) is 5.56 Å². The lowest BCUT2D eigenvalue weighted by atomic mass is 9.97. The maximum Gasteiger partial charge on any atom is 0.326 e. The summed E-state index contributed by atoms with van der Waals surface area (Å²) in [5.41, 5.74) is 6.34. The number of carboxylic acids is 1. The summed E-state index contributed by atoms with van der Waals surface area (Å²) in [7, 11) is 0. The molecule has 1 aromatic carbocycles.